The first-order valence-corrected chi connectivity index (χ1v) is 5.33. The molecule has 0 nitrogen and oxygen atoms in total. The molecule has 0 aliphatic heterocycles. The molecule has 14 heavy (non-hydrogen) atoms. The monoisotopic (exact) mass is 192 g/mol. The molecule has 0 aromatic heterocycles. The highest BCUT2D eigenvalue weighted by molar-refractivity contribution is 5.35. The van der Waals surface area contributed by atoms with E-state index in [2.05, 4.69) is 26.8 Å². The summed E-state index contributed by atoms with van der Waals surface area (Å²) in [5.41, 5.74) is 2.14. The largest absolute Gasteiger partial charge is 0.207 e. The van der Waals surface area contributed by atoms with Crippen LogP contribution < -0.4 is 0 Å². The molecule has 0 bridgehead atoms. The van der Waals surface area contributed by atoms with E-state index in [1.807, 2.05) is 6.07 Å². The van der Waals surface area contributed by atoms with Gasteiger partial charge in [0.05, 0.1) is 0 Å². The van der Waals surface area contributed by atoms with Gasteiger partial charge in [0, 0.05) is 0 Å². The summed E-state index contributed by atoms with van der Waals surface area (Å²) in [6.07, 6.45) is 2.26. The number of benzene rings is 1. The summed E-state index contributed by atoms with van der Waals surface area (Å²) in [5.74, 6) is 0.391. The molecule has 0 radical (unpaired) electrons. The van der Waals surface area contributed by atoms with Gasteiger partial charge >= 0.3 is 0 Å². The molecule has 1 heteroatoms. The Bertz CT molecular complexity index is 348. The van der Waals surface area contributed by atoms with Gasteiger partial charge in [-0.25, -0.2) is 4.39 Å². The van der Waals surface area contributed by atoms with E-state index in [9.17, 15) is 4.39 Å². The number of hydrogen-bond donors (Lipinski definition) is 0. The van der Waals surface area contributed by atoms with Gasteiger partial charge in [0.2, 0.25) is 0 Å². The molecule has 1 fully saturated rings. The van der Waals surface area contributed by atoms with E-state index < -0.39 is 0 Å². The van der Waals surface area contributed by atoms with Crippen molar-refractivity contribution >= 4 is 0 Å². The fourth-order valence-electron chi connectivity index (χ4n) is 1.84. The van der Waals surface area contributed by atoms with Crippen molar-refractivity contribution in [1.29, 1.82) is 0 Å². The second kappa shape index (κ2) is 3.08. The Hall–Kier alpha value is -0.850. The van der Waals surface area contributed by atoms with Crippen LogP contribution in [0.1, 0.15) is 50.7 Å². The van der Waals surface area contributed by atoms with Crippen LogP contribution in [0.5, 0.6) is 0 Å². The lowest BCUT2D eigenvalue weighted by atomic mass is 9.94. The van der Waals surface area contributed by atoms with Gasteiger partial charge in [-0.2, -0.15) is 0 Å². The maximum Gasteiger partial charge on any atom is 0.127 e. The Morgan fingerprint density at radius 3 is 2.36 bits per heavy atom. The highest BCUT2D eigenvalue weighted by atomic mass is 19.1. The van der Waals surface area contributed by atoms with Gasteiger partial charge in [0.15, 0.2) is 0 Å². The van der Waals surface area contributed by atoms with Crippen LogP contribution in [0, 0.1) is 5.82 Å². The molecule has 0 unspecified atom stereocenters. The molecule has 0 N–H and O–H groups in total. The van der Waals surface area contributed by atoms with Crippen molar-refractivity contribution in [2.45, 2.75) is 44.9 Å². The van der Waals surface area contributed by atoms with E-state index in [-0.39, 0.29) is 11.2 Å². The Balaban J connectivity index is 2.37. The normalized spacial score (nSPS) is 18.6. The van der Waals surface area contributed by atoms with E-state index in [4.69, 9.17) is 0 Å². The van der Waals surface area contributed by atoms with Crippen molar-refractivity contribution in [2.24, 2.45) is 0 Å². The molecular formula is C13H17F. The molecule has 2 rings (SSSR count). The van der Waals surface area contributed by atoms with Gasteiger partial charge in [-0.3, -0.25) is 0 Å². The molecule has 0 atom stereocenters. The molecule has 0 saturated heterocycles. The zero-order valence-corrected chi connectivity index (χ0v) is 9.10. The van der Waals surface area contributed by atoms with Crippen LogP contribution in [0.15, 0.2) is 18.2 Å². The predicted octanol–water partition coefficient (Wildman–Crippen LogP) is 4.00. The first-order chi connectivity index (χ1) is 6.53. The van der Waals surface area contributed by atoms with Crippen LogP contribution in [0.4, 0.5) is 4.39 Å². The summed E-state index contributed by atoms with van der Waals surface area (Å²) >= 11 is 0. The molecule has 1 aliphatic rings. The standard InChI is InChI=1S/C13H17F/c1-9(2)10-4-5-11(12(14)8-10)13(3)6-7-13/h4-5,8-9H,6-7H2,1-3H3. The van der Waals surface area contributed by atoms with Gasteiger partial charge < -0.3 is 0 Å². The van der Waals surface area contributed by atoms with E-state index in [1.165, 1.54) is 0 Å². The predicted molar refractivity (Wildman–Crippen MR) is 57.1 cm³/mol. The zero-order chi connectivity index (χ0) is 10.3. The molecule has 1 aromatic rings. The van der Waals surface area contributed by atoms with Gasteiger partial charge in [-0.05, 0) is 41.4 Å². The van der Waals surface area contributed by atoms with Gasteiger partial charge in [0.25, 0.3) is 0 Å². The van der Waals surface area contributed by atoms with Crippen LogP contribution in [0.2, 0.25) is 0 Å². The lowest BCUT2D eigenvalue weighted by Gasteiger charge is -2.12. The maximum atomic E-state index is 13.7. The minimum absolute atomic E-state index is 0.0174. The average Bonchev–Trinajstić information content (AvgIpc) is 2.84. The Morgan fingerprint density at radius 1 is 1.29 bits per heavy atom. The van der Waals surface area contributed by atoms with Crippen LogP contribution in [0.25, 0.3) is 0 Å². The number of hydrogen-bond acceptors (Lipinski definition) is 0. The van der Waals surface area contributed by atoms with Crippen molar-refractivity contribution < 1.29 is 4.39 Å². The third kappa shape index (κ3) is 1.56. The zero-order valence-electron chi connectivity index (χ0n) is 9.10. The van der Waals surface area contributed by atoms with Crippen LogP contribution in [-0.4, -0.2) is 0 Å². The molecule has 1 aliphatic carbocycles. The van der Waals surface area contributed by atoms with Crippen molar-refractivity contribution in [3.05, 3.63) is 35.1 Å². The van der Waals surface area contributed by atoms with Gasteiger partial charge in [-0.15, -0.1) is 0 Å². The minimum Gasteiger partial charge on any atom is -0.207 e. The van der Waals surface area contributed by atoms with Gasteiger partial charge in [0.1, 0.15) is 5.82 Å². The summed E-state index contributed by atoms with van der Waals surface area (Å²) < 4.78 is 13.7. The second-order valence-electron chi connectivity index (χ2n) is 4.95. The minimum atomic E-state index is -0.0174. The third-order valence-electron chi connectivity index (χ3n) is 3.31. The SMILES string of the molecule is CC(C)c1ccc(C2(C)CC2)c(F)c1. The molecule has 1 aromatic carbocycles. The maximum absolute atomic E-state index is 13.7. The van der Waals surface area contributed by atoms with Crippen molar-refractivity contribution in [3.63, 3.8) is 0 Å². The molecule has 0 spiro atoms. The summed E-state index contributed by atoms with van der Waals surface area (Å²) in [7, 11) is 0. The first-order valence-electron chi connectivity index (χ1n) is 5.33. The molecule has 1 saturated carbocycles. The summed E-state index contributed by atoms with van der Waals surface area (Å²) in [4.78, 5) is 0. The van der Waals surface area contributed by atoms with E-state index in [0.29, 0.717) is 5.92 Å². The topological polar surface area (TPSA) is 0 Å². The van der Waals surface area contributed by atoms with Gasteiger partial charge in [-0.1, -0.05) is 32.9 Å². The lowest BCUT2D eigenvalue weighted by Crippen LogP contribution is -2.04. The summed E-state index contributed by atoms with van der Waals surface area (Å²) in [6.45, 7) is 6.32. The number of rotatable bonds is 2. The smallest absolute Gasteiger partial charge is 0.127 e. The summed E-state index contributed by atoms with van der Waals surface area (Å²) in [5, 5.41) is 0. The van der Waals surface area contributed by atoms with Crippen molar-refractivity contribution in [3.8, 4) is 0 Å². The van der Waals surface area contributed by atoms with E-state index in [1.54, 1.807) is 6.07 Å². The van der Waals surface area contributed by atoms with Crippen molar-refractivity contribution in [2.75, 3.05) is 0 Å². The number of halogens is 1. The molecule has 0 heterocycles. The van der Waals surface area contributed by atoms with Crippen LogP contribution in [0.3, 0.4) is 0 Å². The lowest BCUT2D eigenvalue weighted by molar-refractivity contribution is 0.582. The second-order valence-corrected chi connectivity index (χ2v) is 4.95. The molecule has 76 valence electrons. The van der Waals surface area contributed by atoms with E-state index >= 15 is 0 Å². The Labute approximate surface area is 85.1 Å². The Morgan fingerprint density at radius 2 is 1.93 bits per heavy atom. The molecular weight excluding hydrogens is 175 g/mol. The molecule has 0 amide bonds. The highest BCUT2D eigenvalue weighted by Gasteiger charge is 2.40. The fourth-order valence-corrected chi connectivity index (χ4v) is 1.84. The third-order valence-corrected chi connectivity index (χ3v) is 3.31. The van der Waals surface area contributed by atoms with E-state index in [0.717, 1.165) is 24.0 Å². The fraction of sp³-hybridized carbons (Fsp3) is 0.538. The van der Waals surface area contributed by atoms with Crippen LogP contribution >= 0.6 is 0 Å². The quantitative estimate of drug-likeness (QED) is 0.664. The van der Waals surface area contributed by atoms with Crippen molar-refractivity contribution in [1.82, 2.24) is 0 Å². The first kappa shape index (κ1) is 9.70. The Kier molecular flexibility index (Phi) is 2.13. The average molecular weight is 192 g/mol. The van der Waals surface area contributed by atoms with Crippen LogP contribution in [-0.2, 0) is 5.41 Å². The summed E-state index contributed by atoms with van der Waals surface area (Å²) in [6, 6.07) is 5.73. The highest BCUT2D eigenvalue weighted by Crippen LogP contribution is 2.48.